The van der Waals surface area contributed by atoms with Crippen molar-refractivity contribution in [2.24, 2.45) is 0 Å². The third kappa shape index (κ3) is 3.03. The second-order valence-corrected chi connectivity index (χ2v) is 7.08. The van der Waals surface area contributed by atoms with Crippen LogP contribution in [-0.2, 0) is 0 Å². The zero-order valence-corrected chi connectivity index (χ0v) is 18.3. The summed E-state index contributed by atoms with van der Waals surface area (Å²) in [6.07, 6.45) is 0. The van der Waals surface area contributed by atoms with Gasteiger partial charge in [-0.3, -0.25) is 0 Å². The van der Waals surface area contributed by atoms with Gasteiger partial charge in [0.25, 0.3) is 0 Å². The molecule has 2 aromatic heterocycles. The first-order valence-electron chi connectivity index (χ1n) is 9.61. The van der Waals surface area contributed by atoms with Gasteiger partial charge in [-0.15, -0.1) is 0 Å². The van der Waals surface area contributed by atoms with Gasteiger partial charge in [0, 0.05) is 6.07 Å². The van der Waals surface area contributed by atoms with Crippen LogP contribution in [0.15, 0.2) is 44.5 Å². The smallest absolute Gasteiger partial charge is 0.347 e. The molecule has 1 N–H and O–H groups in total. The number of ether oxygens (including phenoxy) is 4. The number of rotatable bonds is 6. The molecule has 0 bridgehead atoms. The largest absolute Gasteiger partial charge is 0.506 e. The van der Waals surface area contributed by atoms with Crippen molar-refractivity contribution >= 4 is 27.5 Å². The van der Waals surface area contributed by atoms with Gasteiger partial charge in [-0.2, -0.15) is 0 Å². The predicted octanol–water partition coefficient (Wildman–Crippen LogP) is 4.98. The number of methoxy groups -OCH3 is 4. The molecule has 8 heteroatoms. The Kier molecular flexibility index (Phi) is 5.22. The maximum absolute atomic E-state index is 12.9. The SMILES string of the molecule is C=C(C)c1oc2cc3oc(=O)c(-c4ccc(OC)c(OC)c4)c(O)c3c(OC)c2c1OC. The van der Waals surface area contributed by atoms with Crippen molar-refractivity contribution in [3.63, 3.8) is 0 Å². The molecule has 2 heterocycles. The molecule has 0 amide bonds. The van der Waals surface area contributed by atoms with Crippen LogP contribution >= 0.6 is 0 Å². The minimum atomic E-state index is -0.734. The van der Waals surface area contributed by atoms with E-state index in [1.54, 1.807) is 25.1 Å². The Morgan fingerprint density at radius 3 is 2.12 bits per heavy atom. The third-order valence-electron chi connectivity index (χ3n) is 5.20. The van der Waals surface area contributed by atoms with Crippen molar-refractivity contribution in [1.29, 1.82) is 0 Å². The molecule has 2 aromatic carbocycles. The molecule has 4 rings (SSSR count). The maximum atomic E-state index is 12.9. The summed E-state index contributed by atoms with van der Waals surface area (Å²) in [6, 6.07) is 6.36. The number of aromatic hydroxyl groups is 1. The van der Waals surface area contributed by atoms with Crippen molar-refractivity contribution in [3.05, 3.63) is 47.0 Å². The van der Waals surface area contributed by atoms with E-state index >= 15 is 0 Å². The summed E-state index contributed by atoms with van der Waals surface area (Å²) in [6.45, 7) is 5.69. The summed E-state index contributed by atoms with van der Waals surface area (Å²) in [5.74, 6) is 1.66. The Morgan fingerprint density at radius 1 is 0.875 bits per heavy atom. The number of benzene rings is 2. The Labute approximate surface area is 183 Å². The molecule has 0 aliphatic rings. The minimum Gasteiger partial charge on any atom is -0.506 e. The molecule has 32 heavy (non-hydrogen) atoms. The molecule has 0 fully saturated rings. The van der Waals surface area contributed by atoms with E-state index in [1.165, 1.54) is 34.5 Å². The van der Waals surface area contributed by atoms with E-state index < -0.39 is 5.63 Å². The second-order valence-electron chi connectivity index (χ2n) is 7.08. The molecule has 0 atom stereocenters. The predicted molar refractivity (Wildman–Crippen MR) is 120 cm³/mol. The monoisotopic (exact) mass is 438 g/mol. The fraction of sp³-hybridized carbons (Fsp3) is 0.208. The molecule has 0 unspecified atom stereocenters. The summed E-state index contributed by atoms with van der Waals surface area (Å²) in [4.78, 5) is 12.9. The Balaban J connectivity index is 2.12. The highest BCUT2D eigenvalue weighted by atomic mass is 16.5. The molecule has 0 radical (unpaired) electrons. The molecular formula is C24H22O8. The zero-order valence-electron chi connectivity index (χ0n) is 18.3. The van der Waals surface area contributed by atoms with Crippen LogP contribution in [0.3, 0.4) is 0 Å². The average molecular weight is 438 g/mol. The van der Waals surface area contributed by atoms with Crippen LogP contribution in [0.5, 0.6) is 28.7 Å². The number of hydrogen-bond donors (Lipinski definition) is 1. The van der Waals surface area contributed by atoms with E-state index in [9.17, 15) is 9.90 Å². The fourth-order valence-corrected chi connectivity index (χ4v) is 3.78. The van der Waals surface area contributed by atoms with Crippen molar-refractivity contribution in [1.82, 2.24) is 0 Å². The lowest BCUT2D eigenvalue weighted by Gasteiger charge is -2.13. The Morgan fingerprint density at radius 2 is 1.53 bits per heavy atom. The van der Waals surface area contributed by atoms with Gasteiger partial charge < -0.3 is 32.9 Å². The highest BCUT2D eigenvalue weighted by Gasteiger charge is 2.27. The molecule has 8 nitrogen and oxygen atoms in total. The van der Waals surface area contributed by atoms with Crippen LogP contribution in [-0.4, -0.2) is 33.5 Å². The number of fused-ring (bicyclic) bond motifs is 2. The van der Waals surface area contributed by atoms with Crippen molar-refractivity contribution < 1.29 is 32.9 Å². The van der Waals surface area contributed by atoms with E-state index in [4.69, 9.17) is 27.8 Å². The molecule has 0 saturated carbocycles. The fourth-order valence-electron chi connectivity index (χ4n) is 3.78. The molecule has 0 aliphatic carbocycles. The molecule has 0 aliphatic heterocycles. The highest BCUT2D eigenvalue weighted by Crippen LogP contribution is 2.49. The lowest BCUT2D eigenvalue weighted by atomic mass is 10.0. The molecule has 166 valence electrons. The summed E-state index contributed by atoms with van der Waals surface area (Å²) in [5.41, 5.74) is 0.720. The van der Waals surface area contributed by atoms with E-state index in [0.29, 0.717) is 45.1 Å². The summed E-state index contributed by atoms with van der Waals surface area (Å²) >= 11 is 0. The van der Waals surface area contributed by atoms with Crippen molar-refractivity contribution in [2.45, 2.75) is 6.92 Å². The summed E-state index contributed by atoms with van der Waals surface area (Å²) < 4.78 is 33.2. The van der Waals surface area contributed by atoms with E-state index in [0.717, 1.165) is 0 Å². The van der Waals surface area contributed by atoms with Crippen LogP contribution in [0.4, 0.5) is 0 Å². The van der Waals surface area contributed by atoms with Gasteiger partial charge in [0.1, 0.15) is 39.0 Å². The lowest BCUT2D eigenvalue weighted by molar-refractivity contribution is 0.355. The van der Waals surface area contributed by atoms with Crippen LogP contribution in [0.25, 0.3) is 38.6 Å². The van der Waals surface area contributed by atoms with Gasteiger partial charge in [-0.05, 0) is 30.2 Å². The lowest BCUT2D eigenvalue weighted by Crippen LogP contribution is -2.05. The highest BCUT2D eigenvalue weighted by molar-refractivity contribution is 6.09. The zero-order chi connectivity index (χ0) is 23.2. The number of furan rings is 1. The normalized spacial score (nSPS) is 11.0. The third-order valence-corrected chi connectivity index (χ3v) is 5.20. The average Bonchev–Trinajstić information content (AvgIpc) is 3.16. The molecule has 0 saturated heterocycles. The van der Waals surface area contributed by atoms with Gasteiger partial charge in [0.2, 0.25) is 0 Å². The van der Waals surface area contributed by atoms with Crippen LogP contribution in [0.2, 0.25) is 0 Å². The number of allylic oxidation sites excluding steroid dienone is 1. The van der Waals surface area contributed by atoms with E-state index in [-0.39, 0.29) is 28.0 Å². The van der Waals surface area contributed by atoms with Gasteiger partial charge in [0.05, 0.1) is 28.4 Å². The van der Waals surface area contributed by atoms with E-state index in [1.807, 2.05) is 0 Å². The van der Waals surface area contributed by atoms with Crippen molar-refractivity contribution in [2.75, 3.05) is 28.4 Å². The summed E-state index contributed by atoms with van der Waals surface area (Å²) in [5, 5.41) is 11.9. The van der Waals surface area contributed by atoms with Gasteiger partial charge in [-0.1, -0.05) is 12.6 Å². The standard InChI is InChI=1S/C24H22O8/c1-11(2)21-23(30-6)19-16(31-21)10-15-18(22(19)29-5)20(25)17(24(26)32-15)12-7-8-13(27-3)14(9-12)28-4/h7-10,25H,1H2,2-6H3. The second kappa shape index (κ2) is 7.88. The topological polar surface area (TPSA) is 101 Å². The first kappa shape index (κ1) is 21.2. The molecular weight excluding hydrogens is 416 g/mol. The summed E-state index contributed by atoms with van der Waals surface area (Å²) in [7, 11) is 5.93. The van der Waals surface area contributed by atoms with Gasteiger partial charge >= 0.3 is 5.63 Å². The van der Waals surface area contributed by atoms with Crippen LogP contribution < -0.4 is 24.6 Å². The van der Waals surface area contributed by atoms with Crippen molar-refractivity contribution in [3.8, 4) is 39.9 Å². The first-order chi connectivity index (χ1) is 15.4. The number of hydrogen-bond acceptors (Lipinski definition) is 8. The van der Waals surface area contributed by atoms with Crippen LogP contribution in [0, 0.1) is 0 Å². The molecule has 0 spiro atoms. The Hall–Kier alpha value is -4.07. The first-order valence-corrected chi connectivity index (χ1v) is 9.61. The van der Waals surface area contributed by atoms with Gasteiger partial charge in [0.15, 0.2) is 23.0 Å². The molecule has 4 aromatic rings. The quantitative estimate of drug-likeness (QED) is 0.421. The van der Waals surface area contributed by atoms with Gasteiger partial charge in [-0.25, -0.2) is 4.79 Å². The Bertz CT molecular complexity index is 1420. The minimum absolute atomic E-state index is 0.0429. The maximum Gasteiger partial charge on any atom is 0.347 e. The van der Waals surface area contributed by atoms with Crippen LogP contribution in [0.1, 0.15) is 12.7 Å². The van der Waals surface area contributed by atoms with E-state index in [2.05, 4.69) is 6.58 Å².